The summed E-state index contributed by atoms with van der Waals surface area (Å²) in [4.78, 5) is 29.7. The quantitative estimate of drug-likeness (QED) is 0.835. The summed E-state index contributed by atoms with van der Waals surface area (Å²) < 4.78 is 5.52. The molecule has 0 bridgehead atoms. The maximum Gasteiger partial charge on any atom is 0.257 e. The Labute approximate surface area is 142 Å². The molecule has 122 valence electrons. The number of amides is 2. The number of fused-ring (bicyclic) bond motifs is 1. The topological polar surface area (TPSA) is 75.4 Å². The van der Waals surface area contributed by atoms with Gasteiger partial charge in [-0.1, -0.05) is 23.4 Å². The van der Waals surface area contributed by atoms with Crippen LogP contribution in [0.25, 0.3) is 11.1 Å². The zero-order valence-electron chi connectivity index (χ0n) is 12.4. The van der Waals surface area contributed by atoms with Crippen molar-refractivity contribution in [3.63, 3.8) is 0 Å². The molecule has 0 spiro atoms. The summed E-state index contributed by atoms with van der Waals surface area (Å²) in [5.41, 5.74) is 1.28. The second kappa shape index (κ2) is 7.23. The van der Waals surface area contributed by atoms with Crippen molar-refractivity contribution in [2.24, 2.45) is 0 Å². The van der Waals surface area contributed by atoms with E-state index in [9.17, 15) is 9.59 Å². The normalized spacial score (nSPS) is 14.4. The van der Waals surface area contributed by atoms with Gasteiger partial charge < -0.3 is 14.6 Å². The minimum Gasteiger partial charge on any atom is -0.431 e. The minimum absolute atomic E-state index is 0.0302. The van der Waals surface area contributed by atoms with Gasteiger partial charge in [-0.15, -0.1) is 0 Å². The first-order chi connectivity index (χ1) is 11.1. The molecule has 1 aliphatic rings. The highest BCUT2D eigenvalue weighted by atomic mass is 35.5. The van der Waals surface area contributed by atoms with Crippen LogP contribution in [0.15, 0.2) is 27.8 Å². The summed E-state index contributed by atoms with van der Waals surface area (Å²) in [6, 6.07) is 5.17. The van der Waals surface area contributed by atoms with Crippen molar-refractivity contribution in [2.45, 2.75) is 18.1 Å². The van der Waals surface area contributed by atoms with Gasteiger partial charge in [0.25, 0.3) is 5.22 Å². The number of halogens is 1. The molecule has 0 aliphatic carbocycles. The van der Waals surface area contributed by atoms with Gasteiger partial charge in [0.1, 0.15) is 5.52 Å². The molecular formula is C15H16ClN3O3S. The average molecular weight is 354 g/mol. The van der Waals surface area contributed by atoms with Crippen molar-refractivity contribution in [3.05, 3.63) is 23.2 Å². The fourth-order valence-corrected chi connectivity index (χ4v) is 3.21. The van der Waals surface area contributed by atoms with Crippen LogP contribution in [0.3, 0.4) is 0 Å². The summed E-state index contributed by atoms with van der Waals surface area (Å²) in [7, 11) is 0. The molecule has 8 heteroatoms. The van der Waals surface area contributed by atoms with E-state index < -0.39 is 0 Å². The Balaban J connectivity index is 1.47. The second-order valence-electron chi connectivity index (χ2n) is 5.25. The number of aromatic nitrogens is 1. The smallest absolute Gasteiger partial charge is 0.257 e. The predicted molar refractivity (Wildman–Crippen MR) is 88.6 cm³/mol. The van der Waals surface area contributed by atoms with Crippen LogP contribution in [-0.2, 0) is 9.59 Å². The van der Waals surface area contributed by atoms with Crippen molar-refractivity contribution in [1.82, 2.24) is 15.2 Å². The summed E-state index contributed by atoms with van der Waals surface area (Å²) >= 11 is 7.08. The molecule has 1 aliphatic heterocycles. The standard InChI is InChI=1S/C15H16ClN3O3S/c16-10-3-4-12-11(7-10)18-15(22-12)23-9-13(20)17-8-14(21)19-5-1-2-6-19/h3-4,7H,1-2,5-6,8-9H2,(H,17,20). The van der Waals surface area contributed by atoms with E-state index >= 15 is 0 Å². The zero-order valence-corrected chi connectivity index (χ0v) is 14.0. The molecule has 1 saturated heterocycles. The third-order valence-electron chi connectivity index (χ3n) is 3.55. The number of likely N-dealkylation sites (tertiary alicyclic amines) is 1. The Hall–Kier alpha value is -1.73. The van der Waals surface area contributed by atoms with Crippen molar-refractivity contribution < 1.29 is 14.0 Å². The number of benzene rings is 1. The van der Waals surface area contributed by atoms with E-state index in [0.29, 0.717) is 21.3 Å². The lowest BCUT2D eigenvalue weighted by molar-refractivity contribution is -0.131. The van der Waals surface area contributed by atoms with Gasteiger partial charge in [0.15, 0.2) is 5.58 Å². The number of oxazole rings is 1. The van der Waals surface area contributed by atoms with E-state index in [1.165, 1.54) is 11.8 Å². The summed E-state index contributed by atoms with van der Waals surface area (Å²) in [5.74, 6) is -0.103. The molecule has 0 unspecified atom stereocenters. The molecule has 1 aromatic heterocycles. The molecule has 1 N–H and O–H groups in total. The van der Waals surface area contributed by atoms with Crippen LogP contribution in [0.5, 0.6) is 0 Å². The lowest BCUT2D eigenvalue weighted by Gasteiger charge is -2.15. The monoisotopic (exact) mass is 353 g/mol. The van der Waals surface area contributed by atoms with Gasteiger partial charge in [-0.2, -0.15) is 0 Å². The SMILES string of the molecule is O=C(CSc1nc2cc(Cl)ccc2o1)NCC(=O)N1CCCC1. The molecule has 0 radical (unpaired) electrons. The van der Waals surface area contributed by atoms with Gasteiger partial charge in [0.05, 0.1) is 12.3 Å². The first-order valence-corrected chi connectivity index (χ1v) is 8.71. The zero-order chi connectivity index (χ0) is 16.2. The minimum atomic E-state index is -0.220. The lowest BCUT2D eigenvalue weighted by atomic mass is 10.3. The maximum atomic E-state index is 11.8. The van der Waals surface area contributed by atoms with Crippen molar-refractivity contribution in [1.29, 1.82) is 0 Å². The third-order valence-corrected chi connectivity index (χ3v) is 4.62. The van der Waals surface area contributed by atoms with E-state index in [2.05, 4.69) is 10.3 Å². The van der Waals surface area contributed by atoms with E-state index in [1.807, 2.05) is 0 Å². The van der Waals surface area contributed by atoms with Crippen LogP contribution in [0.1, 0.15) is 12.8 Å². The highest BCUT2D eigenvalue weighted by Crippen LogP contribution is 2.25. The Morgan fingerprint density at radius 3 is 2.91 bits per heavy atom. The number of carbonyl (C=O) groups excluding carboxylic acids is 2. The van der Waals surface area contributed by atoms with Crippen molar-refractivity contribution in [2.75, 3.05) is 25.4 Å². The van der Waals surface area contributed by atoms with Gasteiger partial charge in [0.2, 0.25) is 11.8 Å². The van der Waals surface area contributed by atoms with Crippen LogP contribution >= 0.6 is 23.4 Å². The number of nitrogens with one attached hydrogen (secondary N) is 1. The second-order valence-corrected chi connectivity index (χ2v) is 6.61. The maximum absolute atomic E-state index is 11.8. The van der Waals surface area contributed by atoms with Gasteiger partial charge in [-0.05, 0) is 31.0 Å². The first kappa shape index (κ1) is 16.1. The van der Waals surface area contributed by atoms with Crippen LogP contribution in [0.4, 0.5) is 0 Å². The molecule has 2 aromatic rings. The molecule has 3 rings (SSSR count). The highest BCUT2D eigenvalue weighted by Gasteiger charge is 2.18. The molecule has 1 fully saturated rings. The van der Waals surface area contributed by atoms with E-state index in [1.54, 1.807) is 23.1 Å². The Morgan fingerprint density at radius 2 is 2.13 bits per heavy atom. The summed E-state index contributed by atoms with van der Waals surface area (Å²) in [6.45, 7) is 1.62. The summed E-state index contributed by atoms with van der Waals surface area (Å²) in [6.07, 6.45) is 2.08. The predicted octanol–water partition coefficient (Wildman–Crippen LogP) is 2.31. The van der Waals surface area contributed by atoms with Crippen molar-refractivity contribution >= 4 is 46.3 Å². The molecule has 2 amide bonds. The van der Waals surface area contributed by atoms with Gasteiger partial charge in [0, 0.05) is 18.1 Å². The van der Waals surface area contributed by atoms with Gasteiger partial charge in [-0.25, -0.2) is 4.98 Å². The lowest BCUT2D eigenvalue weighted by Crippen LogP contribution is -2.39. The number of carbonyl (C=O) groups is 2. The molecular weight excluding hydrogens is 338 g/mol. The number of nitrogens with zero attached hydrogens (tertiary/aromatic N) is 2. The number of hydrogen-bond donors (Lipinski definition) is 1. The van der Waals surface area contributed by atoms with Crippen LogP contribution < -0.4 is 5.32 Å². The fraction of sp³-hybridized carbons (Fsp3) is 0.400. The largest absolute Gasteiger partial charge is 0.431 e. The van der Waals surface area contributed by atoms with Gasteiger partial charge in [-0.3, -0.25) is 9.59 Å². The van der Waals surface area contributed by atoms with E-state index in [4.69, 9.17) is 16.0 Å². The Kier molecular flexibility index (Phi) is 5.07. The molecule has 0 saturated carbocycles. The molecule has 1 aromatic carbocycles. The van der Waals surface area contributed by atoms with Crippen LogP contribution in [0, 0.1) is 0 Å². The van der Waals surface area contributed by atoms with Crippen LogP contribution in [-0.4, -0.2) is 47.1 Å². The Morgan fingerprint density at radius 1 is 1.35 bits per heavy atom. The van der Waals surface area contributed by atoms with Crippen LogP contribution in [0.2, 0.25) is 5.02 Å². The third kappa shape index (κ3) is 4.17. The van der Waals surface area contributed by atoms with Gasteiger partial charge >= 0.3 is 0 Å². The fourth-order valence-electron chi connectivity index (χ4n) is 2.37. The van der Waals surface area contributed by atoms with Crippen molar-refractivity contribution in [3.8, 4) is 0 Å². The van der Waals surface area contributed by atoms with E-state index in [-0.39, 0.29) is 24.1 Å². The first-order valence-electron chi connectivity index (χ1n) is 7.35. The van der Waals surface area contributed by atoms with E-state index in [0.717, 1.165) is 25.9 Å². The molecule has 6 nitrogen and oxygen atoms in total. The Bertz CT molecular complexity index is 728. The molecule has 2 heterocycles. The molecule has 0 atom stereocenters. The number of rotatable bonds is 5. The average Bonchev–Trinajstić information content (AvgIpc) is 3.19. The molecule has 23 heavy (non-hydrogen) atoms. The number of thioether (sulfide) groups is 1. The number of hydrogen-bond acceptors (Lipinski definition) is 5. The summed E-state index contributed by atoms with van der Waals surface area (Å²) in [5, 5.41) is 3.62. The highest BCUT2D eigenvalue weighted by molar-refractivity contribution is 7.99.